The molecule has 7 nitrogen and oxygen atoms in total. The van der Waals surface area contributed by atoms with E-state index in [-0.39, 0.29) is 16.8 Å². The summed E-state index contributed by atoms with van der Waals surface area (Å²) in [5, 5.41) is 0.655. The number of likely N-dealkylation sites (tertiary alicyclic amines) is 1. The second-order valence-electron chi connectivity index (χ2n) is 7.04. The topological polar surface area (TPSA) is 84.3 Å². The normalized spacial score (nSPS) is 16.1. The molecule has 148 valence electrons. The van der Waals surface area contributed by atoms with Gasteiger partial charge in [-0.25, -0.2) is 18.1 Å². The van der Waals surface area contributed by atoms with Crippen LogP contribution in [0.15, 0.2) is 17.2 Å². The van der Waals surface area contributed by atoms with Crippen LogP contribution in [-0.4, -0.2) is 47.9 Å². The molecule has 1 aliphatic rings. The number of hydrogen-bond acceptors (Lipinski definition) is 5. The number of thiazole rings is 1. The highest BCUT2D eigenvalue weighted by molar-refractivity contribution is 7.89. The van der Waals surface area contributed by atoms with Gasteiger partial charge >= 0.3 is 0 Å². The summed E-state index contributed by atoms with van der Waals surface area (Å²) in [4.78, 5) is 19.9. The highest BCUT2D eigenvalue weighted by Gasteiger charge is 2.26. The Morgan fingerprint density at radius 2 is 2.04 bits per heavy atom. The van der Waals surface area contributed by atoms with Gasteiger partial charge in [0, 0.05) is 32.4 Å². The first kappa shape index (κ1) is 20.0. The molecule has 9 heteroatoms. The van der Waals surface area contributed by atoms with Gasteiger partial charge in [0.1, 0.15) is 14.8 Å². The summed E-state index contributed by atoms with van der Waals surface area (Å²) in [5.74, 6) is 0.0224. The van der Waals surface area contributed by atoms with Crippen molar-refractivity contribution in [3.63, 3.8) is 0 Å². The molecule has 0 aromatic carbocycles. The summed E-state index contributed by atoms with van der Waals surface area (Å²) in [6.07, 6.45) is 4.38. The molecule has 0 radical (unpaired) electrons. The lowest BCUT2D eigenvalue weighted by Crippen LogP contribution is -2.31. The molecule has 2 aromatic rings. The predicted octanol–water partition coefficient (Wildman–Crippen LogP) is 2.77. The summed E-state index contributed by atoms with van der Waals surface area (Å²) >= 11 is 1.33. The highest BCUT2D eigenvalue weighted by atomic mass is 32.2. The van der Waals surface area contributed by atoms with E-state index in [4.69, 9.17) is 0 Å². The maximum Gasteiger partial charge on any atom is 0.265 e. The zero-order valence-corrected chi connectivity index (χ0v) is 17.8. The van der Waals surface area contributed by atoms with Crippen molar-refractivity contribution in [2.24, 2.45) is 7.05 Å². The van der Waals surface area contributed by atoms with E-state index in [1.165, 1.54) is 11.3 Å². The van der Waals surface area contributed by atoms with Crippen molar-refractivity contribution in [2.45, 2.75) is 51.0 Å². The molecular formula is C18H26N4O3S2. The fourth-order valence-corrected chi connectivity index (χ4v) is 5.57. The van der Waals surface area contributed by atoms with Crippen LogP contribution in [0.5, 0.6) is 0 Å². The fourth-order valence-electron chi connectivity index (χ4n) is 3.08. The smallest absolute Gasteiger partial charge is 0.265 e. The Morgan fingerprint density at radius 3 is 2.67 bits per heavy atom. The maximum atomic E-state index is 12.7. The van der Waals surface area contributed by atoms with Gasteiger partial charge in [-0.1, -0.05) is 6.92 Å². The van der Waals surface area contributed by atoms with Crippen LogP contribution in [0.25, 0.3) is 10.7 Å². The Kier molecular flexibility index (Phi) is 5.73. The molecule has 3 heterocycles. The minimum Gasteiger partial charge on any atom is -0.347 e. The molecule has 2 aromatic heterocycles. The molecule has 0 bridgehead atoms. The molecule has 1 atom stereocenters. The Balaban J connectivity index is 1.91. The Bertz CT molecular complexity index is 940. The molecule has 0 aliphatic carbocycles. The van der Waals surface area contributed by atoms with Gasteiger partial charge in [-0.2, -0.15) is 0 Å². The molecule has 0 saturated carbocycles. The van der Waals surface area contributed by atoms with Crippen LogP contribution < -0.4 is 4.72 Å². The Morgan fingerprint density at radius 1 is 1.37 bits per heavy atom. The van der Waals surface area contributed by atoms with Gasteiger partial charge in [0.15, 0.2) is 0 Å². The van der Waals surface area contributed by atoms with Crippen molar-refractivity contribution in [1.29, 1.82) is 0 Å². The molecule has 1 saturated heterocycles. The first-order valence-electron chi connectivity index (χ1n) is 9.18. The van der Waals surface area contributed by atoms with Gasteiger partial charge < -0.3 is 9.47 Å². The molecule has 1 N–H and O–H groups in total. The molecule has 1 aliphatic heterocycles. The van der Waals surface area contributed by atoms with Gasteiger partial charge in [0.05, 0.1) is 11.4 Å². The number of sulfonamides is 1. The Hall–Kier alpha value is -1.71. The Labute approximate surface area is 164 Å². The fraction of sp³-hybridized carbons (Fsp3) is 0.556. The minimum atomic E-state index is -3.58. The summed E-state index contributed by atoms with van der Waals surface area (Å²) in [7, 11) is -1.80. The predicted molar refractivity (Wildman–Crippen MR) is 106 cm³/mol. The third-order valence-electron chi connectivity index (χ3n) is 4.86. The summed E-state index contributed by atoms with van der Waals surface area (Å²) in [5.41, 5.74) is 1.38. The van der Waals surface area contributed by atoms with Gasteiger partial charge in [-0.3, -0.25) is 4.79 Å². The highest BCUT2D eigenvalue weighted by Crippen LogP contribution is 2.31. The van der Waals surface area contributed by atoms with Gasteiger partial charge in [-0.15, -0.1) is 11.3 Å². The summed E-state index contributed by atoms with van der Waals surface area (Å²) in [6.45, 7) is 7.18. The SMILES string of the molecule is CCC(C)NS(=O)(=O)c1cc(-c2nc(C)c(C(=O)N3CCCC3)s2)n(C)c1. The van der Waals surface area contributed by atoms with Crippen molar-refractivity contribution < 1.29 is 13.2 Å². The second kappa shape index (κ2) is 7.73. The number of nitrogens with one attached hydrogen (secondary N) is 1. The number of hydrogen-bond donors (Lipinski definition) is 1. The van der Waals surface area contributed by atoms with Gasteiger partial charge in [-0.05, 0) is 39.2 Å². The lowest BCUT2D eigenvalue weighted by molar-refractivity contribution is 0.0796. The lowest BCUT2D eigenvalue weighted by atomic mass is 10.3. The maximum absolute atomic E-state index is 12.7. The average molecular weight is 411 g/mol. The largest absolute Gasteiger partial charge is 0.347 e. The standard InChI is InChI=1S/C18H26N4O3S2/c1-5-12(2)20-27(24,25)14-10-15(21(4)11-14)17-19-13(3)16(26-17)18(23)22-8-6-7-9-22/h10-12,20H,5-9H2,1-4H3. The van der Waals surface area contributed by atoms with E-state index in [1.807, 2.05) is 25.7 Å². The van der Waals surface area contributed by atoms with Crippen molar-refractivity contribution in [3.05, 3.63) is 22.8 Å². The van der Waals surface area contributed by atoms with Crippen LogP contribution in [0.2, 0.25) is 0 Å². The van der Waals surface area contributed by atoms with E-state index < -0.39 is 10.0 Å². The minimum absolute atomic E-state index is 0.0224. The van der Waals surface area contributed by atoms with E-state index in [0.29, 0.717) is 27.7 Å². The average Bonchev–Trinajstić information content (AvgIpc) is 3.33. The van der Waals surface area contributed by atoms with Crippen molar-refractivity contribution in [3.8, 4) is 10.7 Å². The zero-order chi connectivity index (χ0) is 19.8. The van der Waals surface area contributed by atoms with E-state index in [1.54, 1.807) is 23.9 Å². The molecule has 1 unspecified atom stereocenters. The van der Waals surface area contributed by atoms with Crippen molar-refractivity contribution in [1.82, 2.24) is 19.2 Å². The number of rotatable bonds is 6. The van der Waals surface area contributed by atoms with E-state index >= 15 is 0 Å². The molecule has 0 spiro atoms. The van der Waals surface area contributed by atoms with Crippen LogP contribution >= 0.6 is 11.3 Å². The van der Waals surface area contributed by atoms with Crippen LogP contribution in [0.3, 0.4) is 0 Å². The molecule has 27 heavy (non-hydrogen) atoms. The van der Waals surface area contributed by atoms with Crippen molar-refractivity contribution >= 4 is 27.3 Å². The summed E-state index contributed by atoms with van der Waals surface area (Å²) in [6, 6.07) is 1.48. The number of carbonyl (C=O) groups excluding carboxylic acids is 1. The summed E-state index contributed by atoms with van der Waals surface area (Å²) < 4.78 is 29.5. The first-order valence-corrected chi connectivity index (χ1v) is 11.5. The molecule has 1 amide bonds. The number of aromatic nitrogens is 2. The van der Waals surface area contributed by atoms with Gasteiger partial charge in [0.2, 0.25) is 10.0 Å². The first-order chi connectivity index (χ1) is 12.7. The third kappa shape index (κ3) is 4.09. The zero-order valence-electron chi connectivity index (χ0n) is 16.2. The molecule has 3 rings (SSSR count). The number of carbonyl (C=O) groups is 1. The number of aryl methyl sites for hydroxylation is 2. The van der Waals surface area contributed by atoms with Crippen LogP contribution in [0.1, 0.15) is 48.5 Å². The number of nitrogens with zero attached hydrogens (tertiary/aromatic N) is 3. The van der Waals surface area contributed by atoms with Crippen LogP contribution in [0.4, 0.5) is 0 Å². The van der Waals surface area contributed by atoms with E-state index in [2.05, 4.69) is 9.71 Å². The van der Waals surface area contributed by atoms with Crippen LogP contribution in [-0.2, 0) is 17.1 Å². The lowest BCUT2D eigenvalue weighted by Gasteiger charge is -2.13. The third-order valence-corrected chi connectivity index (χ3v) is 7.59. The van der Waals surface area contributed by atoms with Crippen molar-refractivity contribution in [2.75, 3.05) is 13.1 Å². The number of amides is 1. The molecule has 1 fully saturated rings. The monoisotopic (exact) mass is 410 g/mol. The van der Waals surface area contributed by atoms with Gasteiger partial charge in [0.25, 0.3) is 5.91 Å². The van der Waals surface area contributed by atoms with Crippen LogP contribution in [0, 0.1) is 6.92 Å². The molecular weight excluding hydrogens is 384 g/mol. The quantitative estimate of drug-likeness (QED) is 0.794. The second-order valence-corrected chi connectivity index (χ2v) is 9.75. The van der Waals surface area contributed by atoms with E-state index in [9.17, 15) is 13.2 Å². The van der Waals surface area contributed by atoms with E-state index in [0.717, 1.165) is 25.9 Å².